The third-order valence-electron chi connectivity index (χ3n) is 3.93. The second-order valence-electron chi connectivity index (χ2n) is 5.62. The highest BCUT2D eigenvalue weighted by Crippen LogP contribution is 2.27. The van der Waals surface area contributed by atoms with E-state index in [1.165, 1.54) is 12.1 Å². The quantitative estimate of drug-likeness (QED) is 0.915. The molecule has 0 aromatic heterocycles. The summed E-state index contributed by atoms with van der Waals surface area (Å²) in [5.74, 6) is 1.93. The first-order chi connectivity index (χ1) is 11.2. The number of anilines is 1. The number of benzene rings is 1. The smallest absolute Gasteiger partial charge is 0.322 e. The molecule has 1 N–H and O–H groups in total. The van der Waals surface area contributed by atoms with E-state index in [9.17, 15) is 9.18 Å². The van der Waals surface area contributed by atoms with Gasteiger partial charge < -0.3 is 19.7 Å². The van der Waals surface area contributed by atoms with Crippen LogP contribution in [0.3, 0.4) is 0 Å². The number of ether oxygens (including phenoxy) is 2. The molecule has 0 unspecified atom stereocenters. The first-order valence-corrected chi connectivity index (χ1v) is 9.05. The molecule has 0 saturated carbocycles. The van der Waals surface area contributed by atoms with Gasteiger partial charge in [0.2, 0.25) is 0 Å². The topological polar surface area (TPSA) is 50.8 Å². The van der Waals surface area contributed by atoms with E-state index in [0.29, 0.717) is 31.1 Å². The van der Waals surface area contributed by atoms with Crippen molar-refractivity contribution in [1.82, 2.24) is 4.90 Å². The Morgan fingerprint density at radius 1 is 1.43 bits per heavy atom. The summed E-state index contributed by atoms with van der Waals surface area (Å²) in [6.45, 7) is 2.58. The van der Waals surface area contributed by atoms with Crippen molar-refractivity contribution >= 4 is 23.5 Å². The first kappa shape index (κ1) is 16.4. The molecule has 2 amide bonds. The predicted octanol–water partition coefficient (Wildman–Crippen LogP) is 2.96. The number of carbonyl (C=O) groups excluding carboxylic acids is 1. The van der Waals surface area contributed by atoms with Crippen molar-refractivity contribution < 1.29 is 18.7 Å². The molecule has 1 aromatic carbocycles. The van der Waals surface area contributed by atoms with Gasteiger partial charge >= 0.3 is 6.03 Å². The molecular formula is C16H21FN2O3S. The molecule has 1 atom stereocenters. The maximum atomic E-state index is 13.5. The Morgan fingerprint density at radius 2 is 2.26 bits per heavy atom. The maximum absolute atomic E-state index is 13.5. The van der Waals surface area contributed by atoms with Crippen molar-refractivity contribution in [2.24, 2.45) is 0 Å². The highest BCUT2D eigenvalue weighted by molar-refractivity contribution is 7.99. The van der Waals surface area contributed by atoms with Crippen LogP contribution < -0.4 is 10.1 Å². The molecule has 7 heteroatoms. The van der Waals surface area contributed by atoms with Crippen molar-refractivity contribution in [3.05, 3.63) is 24.0 Å². The molecule has 126 valence electrons. The van der Waals surface area contributed by atoms with Gasteiger partial charge in [0, 0.05) is 37.3 Å². The van der Waals surface area contributed by atoms with Crippen LogP contribution in [0.4, 0.5) is 14.9 Å². The van der Waals surface area contributed by atoms with Crippen molar-refractivity contribution in [3.8, 4) is 5.75 Å². The van der Waals surface area contributed by atoms with Crippen LogP contribution >= 0.6 is 11.8 Å². The lowest BCUT2D eigenvalue weighted by atomic mass is 10.2. The number of nitrogens with zero attached hydrogens (tertiary/aromatic N) is 1. The normalized spacial score (nSPS) is 21.3. The van der Waals surface area contributed by atoms with E-state index in [1.54, 1.807) is 11.0 Å². The van der Waals surface area contributed by atoms with Crippen LogP contribution in [-0.2, 0) is 4.74 Å². The SMILES string of the molecule is O=C(Nc1cc(F)ccc1OC[C@H]1CCCO1)N1CCSCC1. The first-order valence-electron chi connectivity index (χ1n) is 7.90. The van der Waals surface area contributed by atoms with E-state index >= 15 is 0 Å². The Kier molecular flexibility index (Phi) is 5.61. The highest BCUT2D eigenvalue weighted by Gasteiger charge is 2.20. The third kappa shape index (κ3) is 4.51. The van der Waals surface area contributed by atoms with E-state index in [0.717, 1.165) is 31.0 Å². The Hall–Kier alpha value is -1.47. The van der Waals surface area contributed by atoms with E-state index in [-0.39, 0.29) is 12.1 Å². The molecule has 23 heavy (non-hydrogen) atoms. The number of amides is 2. The van der Waals surface area contributed by atoms with Gasteiger partial charge in [-0.1, -0.05) is 0 Å². The zero-order chi connectivity index (χ0) is 16.1. The number of rotatable bonds is 4. The summed E-state index contributed by atoms with van der Waals surface area (Å²) in [7, 11) is 0. The van der Waals surface area contributed by atoms with Crippen LogP contribution in [0.1, 0.15) is 12.8 Å². The van der Waals surface area contributed by atoms with Crippen LogP contribution in [-0.4, -0.2) is 54.8 Å². The van der Waals surface area contributed by atoms with Crippen molar-refractivity contribution in [1.29, 1.82) is 0 Å². The summed E-state index contributed by atoms with van der Waals surface area (Å²) in [6.07, 6.45) is 2.07. The second kappa shape index (κ2) is 7.88. The van der Waals surface area contributed by atoms with Crippen LogP contribution in [0.25, 0.3) is 0 Å². The van der Waals surface area contributed by atoms with Gasteiger partial charge in [-0.05, 0) is 25.0 Å². The molecule has 2 saturated heterocycles. The zero-order valence-corrected chi connectivity index (χ0v) is 13.7. The van der Waals surface area contributed by atoms with Gasteiger partial charge in [0.1, 0.15) is 18.2 Å². The second-order valence-corrected chi connectivity index (χ2v) is 6.84. The van der Waals surface area contributed by atoms with Crippen LogP contribution in [0, 0.1) is 5.82 Å². The number of nitrogens with one attached hydrogen (secondary N) is 1. The number of halogens is 1. The summed E-state index contributed by atoms with van der Waals surface area (Å²) < 4.78 is 24.8. The summed E-state index contributed by atoms with van der Waals surface area (Å²) in [5.41, 5.74) is 0.367. The summed E-state index contributed by atoms with van der Waals surface area (Å²) in [5, 5.41) is 2.77. The van der Waals surface area contributed by atoms with Crippen LogP contribution in [0.15, 0.2) is 18.2 Å². The molecule has 1 aromatic rings. The lowest BCUT2D eigenvalue weighted by Gasteiger charge is -2.27. The predicted molar refractivity (Wildman–Crippen MR) is 88.8 cm³/mol. The van der Waals surface area contributed by atoms with E-state index in [2.05, 4.69) is 5.32 Å². The third-order valence-corrected chi connectivity index (χ3v) is 4.87. The lowest BCUT2D eigenvalue weighted by Crippen LogP contribution is -2.40. The number of hydrogen-bond donors (Lipinski definition) is 1. The molecule has 5 nitrogen and oxygen atoms in total. The lowest BCUT2D eigenvalue weighted by molar-refractivity contribution is 0.0682. The van der Waals surface area contributed by atoms with Gasteiger partial charge in [-0.2, -0.15) is 11.8 Å². The fraction of sp³-hybridized carbons (Fsp3) is 0.562. The van der Waals surface area contributed by atoms with Crippen molar-refractivity contribution in [3.63, 3.8) is 0 Å². The Bertz CT molecular complexity index is 546. The highest BCUT2D eigenvalue weighted by atomic mass is 32.2. The van der Waals surface area contributed by atoms with Crippen LogP contribution in [0.5, 0.6) is 5.75 Å². The van der Waals surface area contributed by atoms with E-state index in [1.807, 2.05) is 11.8 Å². The monoisotopic (exact) mass is 340 g/mol. The molecule has 2 fully saturated rings. The minimum atomic E-state index is -0.404. The Labute approximate surface area is 139 Å². The number of urea groups is 1. The Morgan fingerprint density at radius 3 is 3.00 bits per heavy atom. The summed E-state index contributed by atoms with van der Waals surface area (Å²) in [4.78, 5) is 14.0. The maximum Gasteiger partial charge on any atom is 0.322 e. The molecule has 3 rings (SSSR count). The van der Waals surface area contributed by atoms with Gasteiger partial charge in [-0.25, -0.2) is 9.18 Å². The average molecular weight is 340 g/mol. The minimum Gasteiger partial charge on any atom is -0.489 e. The van der Waals surface area contributed by atoms with Gasteiger partial charge in [0.25, 0.3) is 0 Å². The largest absolute Gasteiger partial charge is 0.489 e. The number of carbonyl (C=O) groups is 1. The molecule has 0 radical (unpaired) electrons. The fourth-order valence-electron chi connectivity index (χ4n) is 2.64. The van der Waals surface area contributed by atoms with Gasteiger partial charge in [0.15, 0.2) is 0 Å². The summed E-state index contributed by atoms with van der Waals surface area (Å²) >= 11 is 1.83. The van der Waals surface area contributed by atoms with E-state index < -0.39 is 5.82 Å². The number of thioether (sulfide) groups is 1. The summed E-state index contributed by atoms with van der Waals surface area (Å²) in [6, 6.07) is 3.96. The fourth-order valence-corrected chi connectivity index (χ4v) is 3.55. The molecule has 0 spiro atoms. The molecular weight excluding hydrogens is 319 g/mol. The zero-order valence-electron chi connectivity index (χ0n) is 12.9. The minimum absolute atomic E-state index is 0.0720. The van der Waals surface area contributed by atoms with Gasteiger partial charge in [0.05, 0.1) is 11.8 Å². The van der Waals surface area contributed by atoms with Crippen LogP contribution in [0.2, 0.25) is 0 Å². The van der Waals surface area contributed by atoms with Crippen molar-refractivity contribution in [2.45, 2.75) is 18.9 Å². The molecule has 0 aliphatic carbocycles. The number of hydrogen-bond acceptors (Lipinski definition) is 4. The Balaban J connectivity index is 1.64. The molecule has 2 aliphatic heterocycles. The average Bonchev–Trinajstić information content (AvgIpc) is 3.08. The van der Waals surface area contributed by atoms with E-state index in [4.69, 9.17) is 9.47 Å². The van der Waals surface area contributed by atoms with Gasteiger partial charge in [-0.3, -0.25) is 0 Å². The molecule has 0 bridgehead atoms. The van der Waals surface area contributed by atoms with Crippen molar-refractivity contribution in [2.75, 3.05) is 43.1 Å². The van der Waals surface area contributed by atoms with Gasteiger partial charge in [-0.15, -0.1) is 0 Å². The molecule has 2 heterocycles. The standard InChI is InChI=1S/C16H21FN2O3S/c17-12-3-4-15(22-11-13-2-1-7-21-13)14(10-12)18-16(20)19-5-8-23-9-6-19/h3-4,10,13H,1-2,5-9,11H2,(H,18,20)/t13-/m1/s1. The molecule has 2 aliphatic rings.